The van der Waals surface area contributed by atoms with Gasteiger partial charge in [-0.2, -0.15) is 8.78 Å². The van der Waals surface area contributed by atoms with Crippen molar-refractivity contribution in [3.8, 4) is 5.75 Å². The summed E-state index contributed by atoms with van der Waals surface area (Å²) in [6, 6.07) is 5.01. The van der Waals surface area contributed by atoms with Gasteiger partial charge >= 0.3 is 12.6 Å². The van der Waals surface area contributed by atoms with Crippen molar-refractivity contribution in [2.75, 3.05) is 6.54 Å². The van der Waals surface area contributed by atoms with Crippen molar-refractivity contribution in [3.05, 3.63) is 29.8 Å². The van der Waals surface area contributed by atoms with E-state index in [9.17, 15) is 18.4 Å². The lowest BCUT2D eigenvalue weighted by molar-refractivity contribution is -0.128. The molecule has 0 bridgehead atoms. The molecule has 1 aromatic carbocycles. The zero-order chi connectivity index (χ0) is 15.1. The summed E-state index contributed by atoms with van der Waals surface area (Å²) in [4.78, 5) is 23.1. The number of esters is 1. The second kappa shape index (κ2) is 7.42. The Morgan fingerprint density at radius 2 is 1.85 bits per heavy atom. The number of benzene rings is 1. The molecular weight excluding hydrogens is 272 g/mol. The minimum Gasteiger partial charge on any atom is -0.449 e. The topological polar surface area (TPSA) is 64.6 Å². The first kappa shape index (κ1) is 15.9. The minimum absolute atomic E-state index is 0.0617. The van der Waals surface area contributed by atoms with Gasteiger partial charge in [0.1, 0.15) is 5.75 Å². The van der Waals surface area contributed by atoms with E-state index in [1.165, 1.54) is 31.2 Å². The smallest absolute Gasteiger partial charge is 0.387 e. The summed E-state index contributed by atoms with van der Waals surface area (Å²) >= 11 is 0. The number of carbonyl (C=O) groups is 2. The number of hydrogen-bond acceptors (Lipinski definition) is 4. The van der Waals surface area contributed by atoms with Gasteiger partial charge in [-0.05, 0) is 38.1 Å². The summed E-state index contributed by atoms with van der Waals surface area (Å²) < 4.78 is 33.0. The summed E-state index contributed by atoms with van der Waals surface area (Å²) in [7, 11) is 0. The van der Waals surface area contributed by atoms with Crippen molar-refractivity contribution in [1.82, 2.24) is 5.32 Å². The fourth-order valence-electron chi connectivity index (χ4n) is 1.37. The summed E-state index contributed by atoms with van der Waals surface area (Å²) in [5.41, 5.74) is 0.141. The average Bonchev–Trinajstić information content (AvgIpc) is 2.39. The Bertz CT molecular complexity index is 462. The maximum absolute atomic E-state index is 12.0. The van der Waals surface area contributed by atoms with Crippen molar-refractivity contribution >= 4 is 11.9 Å². The average molecular weight is 287 g/mol. The molecule has 0 saturated carbocycles. The van der Waals surface area contributed by atoms with Crippen LogP contribution in [0.15, 0.2) is 24.3 Å². The van der Waals surface area contributed by atoms with Gasteiger partial charge in [0.15, 0.2) is 6.10 Å². The van der Waals surface area contributed by atoms with E-state index in [1.54, 1.807) is 6.92 Å². The van der Waals surface area contributed by atoms with Gasteiger partial charge in [-0.15, -0.1) is 0 Å². The molecule has 7 heteroatoms. The summed E-state index contributed by atoms with van der Waals surface area (Å²) in [6.07, 6.45) is -0.931. The molecule has 0 fully saturated rings. The molecule has 110 valence electrons. The summed E-state index contributed by atoms with van der Waals surface area (Å²) in [5, 5.41) is 2.51. The van der Waals surface area contributed by atoms with E-state index in [4.69, 9.17) is 4.74 Å². The SMILES string of the molecule is CCNC(=O)[C@H](C)OC(=O)c1ccc(OC(F)F)cc1. The standard InChI is InChI=1S/C13H15F2NO4/c1-3-16-11(17)8(2)19-12(18)9-4-6-10(7-5-9)20-13(14)15/h4-8,13H,3H2,1-2H3,(H,16,17)/t8-/m0/s1. The second-order valence-electron chi connectivity index (χ2n) is 3.84. The number of rotatable bonds is 6. The van der Waals surface area contributed by atoms with Gasteiger partial charge in [0.2, 0.25) is 0 Å². The van der Waals surface area contributed by atoms with Gasteiger partial charge in [-0.25, -0.2) is 4.79 Å². The Hall–Kier alpha value is -2.18. The van der Waals surface area contributed by atoms with Gasteiger partial charge in [0.25, 0.3) is 5.91 Å². The van der Waals surface area contributed by atoms with Crippen LogP contribution in [0.5, 0.6) is 5.75 Å². The van der Waals surface area contributed by atoms with Crippen LogP contribution in [0.4, 0.5) is 8.78 Å². The number of carbonyl (C=O) groups excluding carboxylic acids is 2. The maximum Gasteiger partial charge on any atom is 0.387 e. The van der Waals surface area contributed by atoms with Crippen LogP contribution in [0.2, 0.25) is 0 Å². The minimum atomic E-state index is -2.93. The molecule has 1 rings (SSSR count). The molecule has 0 aliphatic heterocycles. The molecule has 1 aromatic rings. The van der Waals surface area contributed by atoms with E-state index in [0.29, 0.717) is 6.54 Å². The Balaban J connectivity index is 2.61. The van der Waals surface area contributed by atoms with Gasteiger partial charge in [0.05, 0.1) is 5.56 Å². The van der Waals surface area contributed by atoms with Crippen LogP contribution in [-0.2, 0) is 9.53 Å². The van der Waals surface area contributed by atoms with E-state index in [0.717, 1.165) is 0 Å². The lowest BCUT2D eigenvalue weighted by Crippen LogP contribution is -2.35. The zero-order valence-corrected chi connectivity index (χ0v) is 11.1. The molecular formula is C13H15F2NO4. The molecule has 0 spiro atoms. The molecule has 1 amide bonds. The first-order chi connectivity index (χ1) is 9.43. The molecule has 0 saturated heterocycles. The van der Waals surface area contributed by atoms with Crippen LogP contribution in [0.1, 0.15) is 24.2 Å². The fourth-order valence-corrected chi connectivity index (χ4v) is 1.37. The normalized spacial score (nSPS) is 11.8. The summed E-state index contributed by atoms with van der Waals surface area (Å²) in [5.74, 6) is -1.18. The summed E-state index contributed by atoms with van der Waals surface area (Å²) in [6.45, 7) is 0.691. The highest BCUT2D eigenvalue weighted by Gasteiger charge is 2.18. The number of nitrogens with one attached hydrogen (secondary N) is 1. The number of halogens is 2. The maximum atomic E-state index is 12.0. The van der Waals surface area contributed by atoms with E-state index in [-0.39, 0.29) is 11.3 Å². The Labute approximate surface area is 114 Å². The largest absolute Gasteiger partial charge is 0.449 e. The van der Waals surface area contributed by atoms with Crippen molar-refractivity contribution in [1.29, 1.82) is 0 Å². The third-order valence-corrected chi connectivity index (χ3v) is 2.32. The van der Waals surface area contributed by atoms with Gasteiger partial charge in [0, 0.05) is 6.54 Å². The second-order valence-corrected chi connectivity index (χ2v) is 3.84. The van der Waals surface area contributed by atoms with Crippen molar-refractivity contribution < 1.29 is 27.8 Å². The lowest BCUT2D eigenvalue weighted by atomic mass is 10.2. The number of likely N-dealkylation sites (N-methyl/N-ethyl adjacent to an activating group) is 1. The predicted molar refractivity (Wildman–Crippen MR) is 66.6 cm³/mol. The first-order valence-electron chi connectivity index (χ1n) is 5.97. The van der Waals surface area contributed by atoms with Crippen LogP contribution in [0, 0.1) is 0 Å². The molecule has 0 heterocycles. The molecule has 1 N–H and O–H groups in total. The van der Waals surface area contributed by atoms with Crippen molar-refractivity contribution in [2.24, 2.45) is 0 Å². The number of hydrogen-bond donors (Lipinski definition) is 1. The van der Waals surface area contributed by atoms with Crippen molar-refractivity contribution in [3.63, 3.8) is 0 Å². The molecule has 0 radical (unpaired) electrons. The molecule has 1 atom stereocenters. The van der Waals surface area contributed by atoms with E-state index in [1.807, 2.05) is 0 Å². The van der Waals surface area contributed by atoms with Crippen LogP contribution in [0.25, 0.3) is 0 Å². The molecule has 5 nitrogen and oxygen atoms in total. The highest BCUT2D eigenvalue weighted by atomic mass is 19.3. The highest BCUT2D eigenvalue weighted by Crippen LogP contribution is 2.15. The Morgan fingerprint density at radius 3 is 2.35 bits per heavy atom. The number of alkyl halides is 2. The fraction of sp³-hybridized carbons (Fsp3) is 0.385. The zero-order valence-electron chi connectivity index (χ0n) is 11.1. The number of amides is 1. The third-order valence-electron chi connectivity index (χ3n) is 2.32. The monoisotopic (exact) mass is 287 g/mol. The van der Waals surface area contributed by atoms with Crippen LogP contribution in [-0.4, -0.2) is 31.1 Å². The van der Waals surface area contributed by atoms with Crippen LogP contribution < -0.4 is 10.1 Å². The van der Waals surface area contributed by atoms with Crippen LogP contribution >= 0.6 is 0 Å². The predicted octanol–water partition coefficient (Wildman–Crippen LogP) is 1.97. The van der Waals surface area contributed by atoms with E-state index < -0.39 is 24.6 Å². The van der Waals surface area contributed by atoms with E-state index in [2.05, 4.69) is 10.1 Å². The Kier molecular flexibility index (Phi) is 5.89. The first-order valence-corrected chi connectivity index (χ1v) is 5.97. The molecule has 0 aliphatic rings. The third kappa shape index (κ3) is 4.83. The van der Waals surface area contributed by atoms with Crippen LogP contribution in [0.3, 0.4) is 0 Å². The van der Waals surface area contributed by atoms with E-state index >= 15 is 0 Å². The molecule has 20 heavy (non-hydrogen) atoms. The molecule has 0 unspecified atom stereocenters. The quantitative estimate of drug-likeness (QED) is 0.812. The molecule has 0 aliphatic carbocycles. The number of ether oxygens (including phenoxy) is 2. The molecule has 0 aromatic heterocycles. The van der Waals surface area contributed by atoms with Gasteiger partial charge in [-0.1, -0.05) is 0 Å². The van der Waals surface area contributed by atoms with Gasteiger partial charge in [-0.3, -0.25) is 4.79 Å². The highest BCUT2D eigenvalue weighted by molar-refractivity contribution is 5.92. The Morgan fingerprint density at radius 1 is 1.25 bits per heavy atom. The van der Waals surface area contributed by atoms with Gasteiger partial charge < -0.3 is 14.8 Å². The van der Waals surface area contributed by atoms with Crippen molar-refractivity contribution in [2.45, 2.75) is 26.6 Å². The lowest BCUT2D eigenvalue weighted by Gasteiger charge is -2.12.